The summed E-state index contributed by atoms with van der Waals surface area (Å²) >= 11 is 0. The zero-order valence-electron chi connectivity index (χ0n) is 11.2. The molecule has 0 aliphatic heterocycles. The molecule has 1 amide bonds. The van der Waals surface area contributed by atoms with Crippen LogP contribution in [0.2, 0.25) is 0 Å². The Morgan fingerprint density at radius 1 is 1.35 bits per heavy atom. The Labute approximate surface area is 118 Å². The second kappa shape index (κ2) is 7.04. The van der Waals surface area contributed by atoms with Gasteiger partial charge >= 0.3 is 0 Å². The summed E-state index contributed by atoms with van der Waals surface area (Å²) in [6.45, 7) is 0.334. The van der Waals surface area contributed by atoms with Crippen molar-refractivity contribution < 1.29 is 15.0 Å². The molecule has 1 fully saturated rings. The van der Waals surface area contributed by atoms with E-state index in [2.05, 4.69) is 16.8 Å². The quantitative estimate of drug-likeness (QED) is 0.763. The molecule has 0 bridgehead atoms. The minimum Gasteiger partial charge on any atom is -0.395 e. The molecule has 1 saturated carbocycles. The first-order chi connectivity index (χ1) is 9.76. The number of nitrogens with zero attached hydrogens (tertiary/aromatic N) is 2. The number of carbonyl (C=O) groups is 1. The first-order valence-electron chi connectivity index (χ1n) is 6.73. The van der Waals surface area contributed by atoms with Gasteiger partial charge in [-0.15, -0.1) is 0 Å². The number of carbonyl (C=O) groups excluding carboxylic acids is 1. The fourth-order valence-electron chi connectivity index (χ4n) is 1.96. The average molecular weight is 274 g/mol. The Morgan fingerprint density at radius 3 is 2.80 bits per heavy atom. The summed E-state index contributed by atoms with van der Waals surface area (Å²) in [6.07, 6.45) is 5.50. The van der Waals surface area contributed by atoms with Crippen LogP contribution in [-0.4, -0.2) is 51.8 Å². The van der Waals surface area contributed by atoms with Gasteiger partial charge in [-0.25, -0.2) is 0 Å². The van der Waals surface area contributed by atoms with E-state index < -0.39 is 0 Å². The molecule has 1 aromatic heterocycles. The van der Waals surface area contributed by atoms with Crippen LogP contribution in [0.3, 0.4) is 0 Å². The van der Waals surface area contributed by atoms with Gasteiger partial charge in [0.2, 0.25) is 0 Å². The summed E-state index contributed by atoms with van der Waals surface area (Å²) in [5, 5.41) is 17.7. The molecule has 1 heterocycles. The van der Waals surface area contributed by atoms with Crippen LogP contribution < -0.4 is 0 Å². The van der Waals surface area contributed by atoms with Crippen LogP contribution in [0.5, 0.6) is 0 Å². The lowest BCUT2D eigenvalue weighted by Gasteiger charge is -2.21. The molecule has 5 heteroatoms. The fraction of sp³-hybridized carbons (Fsp3) is 0.467. The molecule has 5 nitrogen and oxygen atoms in total. The highest BCUT2D eigenvalue weighted by Crippen LogP contribution is 2.27. The van der Waals surface area contributed by atoms with Crippen molar-refractivity contribution in [3.05, 3.63) is 29.6 Å². The highest BCUT2D eigenvalue weighted by Gasteiger charge is 2.32. The average Bonchev–Trinajstić information content (AvgIpc) is 3.29. The van der Waals surface area contributed by atoms with Crippen LogP contribution in [0.4, 0.5) is 0 Å². The standard InChI is InChI=1S/C15H18N2O3/c18-7-2-1-3-12-9-13(11-16-10-12)15(20)17(6-8-19)14-4-5-14/h9-11,14,18-19H,2,4-8H2. The van der Waals surface area contributed by atoms with Gasteiger partial charge in [0.25, 0.3) is 5.91 Å². The van der Waals surface area contributed by atoms with E-state index in [4.69, 9.17) is 10.2 Å². The Hall–Kier alpha value is -1.90. The molecule has 1 aliphatic rings. The van der Waals surface area contributed by atoms with Gasteiger partial charge < -0.3 is 15.1 Å². The zero-order valence-corrected chi connectivity index (χ0v) is 11.2. The van der Waals surface area contributed by atoms with Gasteiger partial charge in [0.15, 0.2) is 0 Å². The third kappa shape index (κ3) is 3.80. The van der Waals surface area contributed by atoms with Crippen molar-refractivity contribution in [3.8, 4) is 11.8 Å². The van der Waals surface area contributed by atoms with Crippen molar-refractivity contribution in [2.45, 2.75) is 25.3 Å². The topological polar surface area (TPSA) is 73.7 Å². The Kier molecular flexibility index (Phi) is 5.10. The number of aromatic nitrogens is 1. The lowest BCUT2D eigenvalue weighted by molar-refractivity contribution is 0.0707. The summed E-state index contributed by atoms with van der Waals surface area (Å²) in [6, 6.07) is 1.95. The molecule has 0 atom stereocenters. The van der Waals surface area contributed by atoms with Crippen molar-refractivity contribution in [2.75, 3.05) is 19.8 Å². The SMILES string of the molecule is O=C(c1cncc(C#CCCO)c1)N(CCO)C1CC1. The zero-order chi connectivity index (χ0) is 14.4. The fourth-order valence-corrected chi connectivity index (χ4v) is 1.96. The van der Waals surface area contributed by atoms with E-state index in [9.17, 15) is 4.79 Å². The molecule has 2 N–H and O–H groups in total. The third-order valence-corrected chi connectivity index (χ3v) is 3.04. The van der Waals surface area contributed by atoms with E-state index >= 15 is 0 Å². The van der Waals surface area contributed by atoms with Crippen LogP contribution >= 0.6 is 0 Å². The molecule has 106 valence electrons. The summed E-state index contributed by atoms with van der Waals surface area (Å²) < 4.78 is 0. The largest absolute Gasteiger partial charge is 0.395 e. The minimum atomic E-state index is -0.111. The van der Waals surface area contributed by atoms with Gasteiger partial charge in [-0.05, 0) is 18.9 Å². The number of hydrogen-bond donors (Lipinski definition) is 2. The summed E-state index contributed by atoms with van der Waals surface area (Å²) in [4.78, 5) is 18.1. The van der Waals surface area contributed by atoms with E-state index in [-0.39, 0.29) is 25.2 Å². The molecule has 0 aromatic carbocycles. The highest BCUT2D eigenvalue weighted by molar-refractivity contribution is 5.94. The Bertz CT molecular complexity index is 529. The maximum atomic E-state index is 12.4. The first kappa shape index (κ1) is 14.5. The highest BCUT2D eigenvalue weighted by atomic mass is 16.3. The predicted octanol–water partition coefficient (Wildman–Crippen LogP) is 0.412. The predicted molar refractivity (Wildman–Crippen MR) is 74.0 cm³/mol. The molecular weight excluding hydrogens is 256 g/mol. The molecule has 0 saturated heterocycles. The van der Waals surface area contributed by atoms with Crippen molar-refractivity contribution in [1.82, 2.24) is 9.88 Å². The number of aliphatic hydroxyl groups excluding tert-OH is 2. The van der Waals surface area contributed by atoms with Gasteiger partial charge in [0.05, 0.1) is 18.8 Å². The van der Waals surface area contributed by atoms with E-state index in [1.165, 1.54) is 6.20 Å². The van der Waals surface area contributed by atoms with E-state index in [1.54, 1.807) is 17.2 Å². The summed E-state index contributed by atoms with van der Waals surface area (Å²) in [5.41, 5.74) is 1.14. The minimum absolute atomic E-state index is 0.0189. The molecular formula is C15H18N2O3. The van der Waals surface area contributed by atoms with Gasteiger partial charge in [-0.1, -0.05) is 11.8 Å². The summed E-state index contributed by atoms with van der Waals surface area (Å²) in [5.74, 6) is 5.55. The van der Waals surface area contributed by atoms with Gasteiger partial charge in [-0.3, -0.25) is 9.78 Å². The van der Waals surface area contributed by atoms with Crippen LogP contribution in [0, 0.1) is 11.8 Å². The maximum Gasteiger partial charge on any atom is 0.255 e. The Morgan fingerprint density at radius 2 is 2.15 bits per heavy atom. The normalized spacial score (nSPS) is 13.5. The van der Waals surface area contributed by atoms with Crippen molar-refractivity contribution in [1.29, 1.82) is 0 Å². The Balaban J connectivity index is 2.13. The molecule has 0 spiro atoms. The van der Waals surface area contributed by atoms with Crippen LogP contribution in [0.25, 0.3) is 0 Å². The first-order valence-corrected chi connectivity index (χ1v) is 6.73. The monoisotopic (exact) mass is 274 g/mol. The molecule has 2 rings (SSSR count). The van der Waals surface area contributed by atoms with Crippen LogP contribution in [0.15, 0.2) is 18.5 Å². The number of amides is 1. The lowest BCUT2D eigenvalue weighted by atomic mass is 10.2. The van der Waals surface area contributed by atoms with Gasteiger partial charge in [-0.2, -0.15) is 0 Å². The van der Waals surface area contributed by atoms with Crippen LogP contribution in [-0.2, 0) is 0 Å². The van der Waals surface area contributed by atoms with Crippen molar-refractivity contribution >= 4 is 5.91 Å². The molecule has 0 unspecified atom stereocenters. The number of rotatable bonds is 5. The van der Waals surface area contributed by atoms with Crippen LogP contribution in [0.1, 0.15) is 35.2 Å². The van der Waals surface area contributed by atoms with E-state index in [1.807, 2.05) is 0 Å². The molecule has 1 aromatic rings. The molecule has 20 heavy (non-hydrogen) atoms. The molecule has 0 radical (unpaired) electrons. The maximum absolute atomic E-state index is 12.4. The van der Waals surface area contributed by atoms with Gasteiger partial charge in [0.1, 0.15) is 0 Å². The smallest absolute Gasteiger partial charge is 0.255 e. The summed E-state index contributed by atoms with van der Waals surface area (Å²) in [7, 11) is 0. The lowest BCUT2D eigenvalue weighted by Crippen LogP contribution is -2.35. The van der Waals surface area contributed by atoms with E-state index in [0.29, 0.717) is 24.1 Å². The molecule has 1 aliphatic carbocycles. The van der Waals surface area contributed by atoms with Crippen molar-refractivity contribution in [2.24, 2.45) is 0 Å². The number of pyridine rings is 1. The van der Waals surface area contributed by atoms with Crippen molar-refractivity contribution in [3.63, 3.8) is 0 Å². The number of aliphatic hydroxyl groups is 2. The van der Waals surface area contributed by atoms with Gasteiger partial charge in [0, 0.05) is 37.0 Å². The van der Waals surface area contributed by atoms with E-state index in [0.717, 1.165) is 12.8 Å². The number of hydrogen-bond acceptors (Lipinski definition) is 4. The second-order valence-electron chi connectivity index (χ2n) is 4.69. The second-order valence-corrected chi connectivity index (χ2v) is 4.69. The third-order valence-electron chi connectivity index (χ3n) is 3.04.